The van der Waals surface area contributed by atoms with E-state index in [0.717, 1.165) is 92.6 Å². The number of nitrogens with zero attached hydrogens (tertiary/aromatic N) is 10. The molecular weight excluding hydrogens is 1660 g/mol. The van der Waals surface area contributed by atoms with Gasteiger partial charge in [-0.25, -0.2) is 14.8 Å². The first-order chi connectivity index (χ1) is 63.1. The first-order valence-corrected chi connectivity index (χ1v) is 49.1. The van der Waals surface area contributed by atoms with E-state index in [9.17, 15) is 11.8 Å². The van der Waals surface area contributed by atoms with Gasteiger partial charge in [-0.3, -0.25) is 19.9 Å². The number of halogens is 4. The second-order valence-electron chi connectivity index (χ2n) is 34.1. The molecule has 0 amide bonds. The van der Waals surface area contributed by atoms with E-state index in [4.69, 9.17) is 80.7 Å². The third-order valence-corrected chi connectivity index (χ3v) is 25.5. The minimum atomic E-state index is -0.601. The molecule has 18 heteroatoms. The van der Waals surface area contributed by atoms with Crippen molar-refractivity contribution in [3.8, 4) is 40.1 Å². The quantitative estimate of drug-likeness (QED) is 0.0207. The molecule has 128 heavy (non-hydrogen) atoms. The van der Waals surface area contributed by atoms with Gasteiger partial charge in [0.1, 0.15) is 34.0 Å². The number of rotatable bonds is 50. The lowest BCUT2D eigenvalue weighted by atomic mass is 9.50. The minimum Gasteiger partial charge on any atom is -0.494 e. The maximum absolute atomic E-state index is 12.7. The fraction of sp³-hybridized carbons (Fsp3) is 0.364. The Hall–Kier alpha value is -10.6. The fourth-order valence-corrected chi connectivity index (χ4v) is 18.6. The van der Waals surface area contributed by atoms with Crippen molar-refractivity contribution < 1.29 is 9.47 Å². The van der Waals surface area contributed by atoms with E-state index >= 15 is 0 Å². The lowest BCUT2D eigenvalue weighted by Gasteiger charge is -2.24. The maximum Gasteiger partial charge on any atom is 0.328 e. The molecule has 0 aliphatic rings. The number of ether oxygens (including phenoxy) is 2. The van der Waals surface area contributed by atoms with E-state index in [1.54, 1.807) is 42.7 Å². The van der Waals surface area contributed by atoms with E-state index in [2.05, 4.69) is 184 Å². The first kappa shape index (κ1) is 95.0. The molecule has 9 aromatic carbocycles. The number of unbranched alkanes of at least 4 members (excludes halogenated alkanes) is 34. The molecule has 5 aromatic heterocycles. The van der Waals surface area contributed by atoms with Crippen LogP contribution in [0.1, 0.15) is 256 Å². The molecule has 0 aliphatic carbocycles. The molecule has 0 saturated heterocycles. The van der Waals surface area contributed by atoms with Crippen LogP contribution in [0.5, 0.6) is 11.5 Å². The Morgan fingerprint density at radius 2 is 0.641 bits per heavy atom. The predicted octanol–water partition coefficient (Wildman–Crippen LogP) is 27.9. The Morgan fingerprint density at radius 3 is 0.977 bits per heavy atom. The van der Waals surface area contributed by atoms with Crippen molar-refractivity contribution in [2.75, 3.05) is 13.2 Å². The fourth-order valence-electron chi connectivity index (χ4n) is 17.9. The van der Waals surface area contributed by atoms with Crippen LogP contribution >= 0.6 is 46.4 Å². The van der Waals surface area contributed by atoms with Crippen molar-refractivity contribution in [3.63, 3.8) is 0 Å². The van der Waals surface area contributed by atoms with Gasteiger partial charge in [0.15, 0.2) is 0 Å². The van der Waals surface area contributed by atoms with Crippen LogP contribution in [0, 0.1) is 17.9 Å². The lowest BCUT2D eigenvalue weighted by Crippen LogP contribution is -2.54. The third kappa shape index (κ3) is 26.8. The van der Waals surface area contributed by atoms with Crippen LogP contribution in [0.25, 0.3) is 82.5 Å². The molecule has 0 bridgehead atoms. The molecule has 5 heterocycles. The zero-order valence-electron chi connectivity index (χ0n) is 74.9. The van der Waals surface area contributed by atoms with Crippen molar-refractivity contribution in [2.24, 2.45) is 0 Å². The summed E-state index contributed by atoms with van der Waals surface area (Å²) in [6.45, 7) is 14.4. The van der Waals surface area contributed by atoms with Gasteiger partial charge in [0.2, 0.25) is 5.70 Å². The highest BCUT2D eigenvalue weighted by molar-refractivity contribution is 6.85. The molecular formula is C110H122B2Cl4N10O2. The van der Waals surface area contributed by atoms with Gasteiger partial charge in [0, 0.05) is 48.8 Å². The van der Waals surface area contributed by atoms with Gasteiger partial charge in [0.05, 0.1) is 76.3 Å². The molecule has 12 nitrogen and oxygen atoms in total. The molecule has 0 atom stereocenters. The van der Waals surface area contributed by atoms with Crippen molar-refractivity contribution in [1.82, 2.24) is 38.9 Å². The van der Waals surface area contributed by atoms with Gasteiger partial charge in [-0.2, -0.15) is 5.26 Å². The van der Waals surface area contributed by atoms with Crippen LogP contribution in [0.4, 0.5) is 0 Å². The minimum absolute atomic E-state index is 0.248. The lowest BCUT2D eigenvalue weighted by molar-refractivity contribution is 0.304. The standard InChI is InChI=1S/C102H118B2Cl2N8O2.C8H4Cl2N2/c1-4-6-8-10-12-14-16-18-20-22-24-26-28-30-32-34-36-50-72-115-87-66-60-79(61-67-87)99-96-97(102(98(108-3)95-78-110-93-75-86(106)65-71-91(93)112-95)114(99)104(83-56-46-40-47-57-83)84-58-48-41-49-59-84)100(80-62-68-88(69-63-80)116-73-51-37-35-33-31-29-27-25-23-21-19-17-15-13-11-9-7-5-2)113(103(81-52-42-38-43-53-81)82-54-44-39-45-55-82)101(96)89(76-107)94-77-109-92-74-85(105)64-70-90(92)111-94;9-5-1-2-6-7(3-5)11-4-8(10)12-6/h38-49,52-71,74-75,77-78H,4-37,50-51,72-73H2,1-2H3;1-4H/b101-89-,102-98+;. The average molecular weight is 1780 g/mol. The number of fused-ring (bicyclic) bond motifs is 4. The number of hydrogen-bond acceptors (Lipinski definition) is 9. The molecule has 658 valence electrons. The number of aromatic nitrogens is 8. The van der Waals surface area contributed by atoms with Crippen LogP contribution in [-0.2, 0) is 0 Å². The van der Waals surface area contributed by atoms with Crippen LogP contribution in [-0.4, -0.2) is 65.8 Å². The highest BCUT2D eigenvalue weighted by atomic mass is 35.5. The Bertz CT molecular complexity index is 5560. The Labute approximate surface area is 780 Å². The van der Waals surface area contributed by atoms with E-state index < -0.39 is 13.7 Å². The smallest absolute Gasteiger partial charge is 0.328 e. The number of benzene rings is 9. The highest BCUT2D eigenvalue weighted by Crippen LogP contribution is 2.39. The van der Waals surface area contributed by atoms with E-state index in [0.29, 0.717) is 88.4 Å². The summed E-state index contributed by atoms with van der Waals surface area (Å²) in [6, 6.07) is 78.1. The summed E-state index contributed by atoms with van der Waals surface area (Å²) < 4.78 is 18.1. The largest absolute Gasteiger partial charge is 0.494 e. The second kappa shape index (κ2) is 51.6. The van der Waals surface area contributed by atoms with E-state index in [1.807, 2.05) is 48.5 Å². The Morgan fingerprint density at radius 1 is 0.344 bits per heavy atom. The normalized spacial score (nSPS) is 11.8. The van der Waals surface area contributed by atoms with Gasteiger partial charge >= 0.3 is 13.7 Å². The zero-order chi connectivity index (χ0) is 88.7. The van der Waals surface area contributed by atoms with Crippen LogP contribution in [0.15, 0.2) is 243 Å². The van der Waals surface area contributed by atoms with Crippen molar-refractivity contribution in [1.29, 1.82) is 5.26 Å². The highest BCUT2D eigenvalue weighted by Gasteiger charge is 2.38. The first-order valence-electron chi connectivity index (χ1n) is 47.5. The van der Waals surface area contributed by atoms with E-state index in [-0.39, 0.29) is 11.3 Å². The Kier molecular flexibility index (Phi) is 38.3. The molecule has 0 N–H and O–H groups in total. The molecule has 0 spiro atoms. The summed E-state index contributed by atoms with van der Waals surface area (Å²) in [6.07, 6.45) is 52.3. The van der Waals surface area contributed by atoms with Crippen molar-refractivity contribution in [2.45, 2.75) is 245 Å². The van der Waals surface area contributed by atoms with E-state index in [1.165, 1.54) is 212 Å². The molecule has 0 saturated carbocycles. The molecule has 0 radical (unpaired) electrons. The predicted molar refractivity (Wildman–Crippen MR) is 541 cm³/mol. The van der Waals surface area contributed by atoms with Gasteiger partial charge < -0.3 is 18.4 Å². The summed E-state index contributed by atoms with van der Waals surface area (Å²) in [5, 5.41) is 17.3. The summed E-state index contributed by atoms with van der Waals surface area (Å²) in [4.78, 5) is 33.7. The summed E-state index contributed by atoms with van der Waals surface area (Å²) in [5.41, 5.74) is 12.1. The third-order valence-electron chi connectivity index (χ3n) is 24.6. The van der Waals surface area contributed by atoms with Crippen molar-refractivity contribution >= 4 is 137 Å². The number of nitriles is 1. The summed E-state index contributed by atoms with van der Waals surface area (Å²) in [7, 11) is 0. The summed E-state index contributed by atoms with van der Waals surface area (Å²) >= 11 is 24.8. The van der Waals surface area contributed by atoms with Crippen LogP contribution in [0.3, 0.4) is 0 Å². The SMILES string of the molecule is Clc1ccc2nc(Cl)cnc2c1.[C-]#[N+]/C(c1cnc2cc(Cl)ccc2n1)=c1\c2c(-c3ccc(OCCCCCCCCCCCCCCCCCCCC)cc3)n(B(c3ccccc3)c3ccccc3)/c(=C(/C#N)c3cnc4cc(Cl)ccc4n3)c2c(-c2ccc(OCCCCCCCCCCCCCCCCCCCC)cc2)n1B(c1ccccc1)c1ccccc1. The Balaban J connectivity index is 0.00000107. The van der Waals surface area contributed by atoms with Crippen LogP contribution < -0.4 is 42.0 Å². The van der Waals surface area contributed by atoms with Gasteiger partial charge in [-0.15, -0.1) is 0 Å². The van der Waals surface area contributed by atoms with Crippen LogP contribution in [0.2, 0.25) is 20.2 Å². The van der Waals surface area contributed by atoms with Gasteiger partial charge in [-0.1, -0.05) is 422 Å². The average Bonchev–Trinajstić information content (AvgIpc) is 1.52. The summed E-state index contributed by atoms with van der Waals surface area (Å²) in [5.74, 6) is 1.51. The van der Waals surface area contributed by atoms with Gasteiger partial charge in [-0.05, 0) is 127 Å². The molecule has 0 aliphatic heterocycles. The monoisotopic (exact) mass is 1780 g/mol. The molecule has 14 aromatic rings. The molecule has 14 rings (SSSR count). The zero-order valence-corrected chi connectivity index (χ0v) is 77.9. The molecule has 0 unspecified atom stereocenters. The molecule has 0 fully saturated rings. The maximum atomic E-state index is 12.7. The second-order valence-corrected chi connectivity index (χ2v) is 35.8. The number of hydrogen-bond donors (Lipinski definition) is 0. The topological polar surface area (TPSA) is 134 Å². The van der Waals surface area contributed by atoms with Crippen molar-refractivity contribution in [3.05, 3.63) is 297 Å². The van der Waals surface area contributed by atoms with Gasteiger partial charge in [0.25, 0.3) is 0 Å².